The standard InChI is InChI=1S/C16H17GeN/c1-11-14-13-9-10-18(12-7-5-4-6-8-12)16(13)15(11)17(14,2)3/h4-10,15H,1-3H3. The molecule has 3 heterocycles. The molecular formula is C16H17GeN. The number of para-hydroxylation sites is 1. The van der Waals surface area contributed by atoms with Gasteiger partial charge >= 0.3 is 111 Å². The van der Waals surface area contributed by atoms with Crippen LogP contribution in [0.15, 0.2) is 48.2 Å². The van der Waals surface area contributed by atoms with Gasteiger partial charge in [0, 0.05) is 0 Å². The van der Waals surface area contributed by atoms with Gasteiger partial charge in [0.1, 0.15) is 0 Å². The van der Waals surface area contributed by atoms with Crippen LogP contribution in [-0.4, -0.2) is 17.8 Å². The molecule has 0 radical (unpaired) electrons. The number of nitrogens with zero attached hydrogens (tertiary/aromatic N) is 1. The summed E-state index contributed by atoms with van der Waals surface area (Å²) in [6.45, 7) is 2.34. The molecule has 2 bridgehead atoms. The summed E-state index contributed by atoms with van der Waals surface area (Å²) in [5.74, 6) is 5.12. The van der Waals surface area contributed by atoms with Crippen LogP contribution in [0.4, 0.5) is 0 Å². The maximum absolute atomic E-state index is 2.56. The molecule has 3 aliphatic rings. The van der Waals surface area contributed by atoms with Gasteiger partial charge in [0.05, 0.1) is 0 Å². The predicted octanol–water partition coefficient (Wildman–Crippen LogP) is 4.15. The van der Waals surface area contributed by atoms with Crippen LogP contribution in [0.25, 0.3) is 10.1 Å². The molecule has 0 spiro atoms. The number of rotatable bonds is 1. The second kappa shape index (κ2) is 3.21. The van der Waals surface area contributed by atoms with Crippen molar-refractivity contribution in [2.24, 2.45) is 0 Å². The van der Waals surface area contributed by atoms with Crippen molar-refractivity contribution >= 4 is 17.7 Å². The first-order valence-corrected chi connectivity index (χ1v) is 13.1. The normalized spacial score (nSPS) is 22.9. The van der Waals surface area contributed by atoms with Gasteiger partial charge in [0.2, 0.25) is 0 Å². The topological polar surface area (TPSA) is 4.93 Å². The summed E-state index contributed by atoms with van der Waals surface area (Å²) < 4.78 is 4.98. The predicted molar refractivity (Wildman–Crippen MR) is 78.6 cm³/mol. The van der Waals surface area contributed by atoms with Crippen LogP contribution >= 0.6 is 0 Å². The summed E-state index contributed by atoms with van der Waals surface area (Å²) in [4.78, 5) is 0. The molecule has 0 saturated heterocycles. The zero-order chi connectivity index (χ0) is 12.5. The van der Waals surface area contributed by atoms with Crippen molar-refractivity contribution in [3.8, 4) is 5.69 Å². The van der Waals surface area contributed by atoms with Crippen molar-refractivity contribution < 1.29 is 0 Å². The van der Waals surface area contributed by atoms with Crippen LogP contribution < -0.4 is 0 Å². The van der Waals surface area contributed by atoms with Gasteiger partial charge < -0.3 is 0 Å². The molecule has 0 saturated carbocycles. The monoisotopic (exact) mass is 297 g/mol. The van der Waals surface area contributed by atoms with Crippen LogP contribution in [0.2, 0.25) is 11.5 Å². The van der Waals surface area contributed by atoms with Crippen molar-refractivity contribution in [3.05, 3.63) is 59.4 Å². The van der Waals surface area contributed by atoms with E-state index < -0.39 is 13.3 Å². The number of hydrogen-bond acceptors (Lipinski definition) is 0. The zero-order valence-electron chi connectivity index (χ0n) is 11.1. The quantitative estimate of drug-likeness (QED) is 0.697. The van der Waals surface area contributed by atoms with Gasteiger partial charge in [0.15, 0.2) is 0 Å². The number of benzene rings is 1. The molecule has 1 atom stereocenters. The van der Waals surface area contributed by atoms with Gasteiger partial charge in [-0.1, -0.05) is 0 Å². The van der Waals surface area contributed by atoms with E-state index in [1.165, 1.54) is 5.69 Å². The molecule has 2 aliphatic heterocycles. The van der Waals surface area contributed by atoms with Crippen molar-refractivity contribution in [1.82, 2.24) is 4.57 Å². The Labute approximate surface area is 110 Å². The Morgan fingerprint density at radius 2 is 1.78 bits per heavy atom. The van der Waals surface area contributed by atoms with Crippen LogP contribution in [-0.2, 0) is 0 Å². The molecule has 18 heavy (non-hydrogen) atoms. The van der Waals surface area contributed by atoms with E-state index >= 15 is 0 Å². The minimum atomic E-state index is -1.69. The van der Waals surface area contributed by atoms with E-state index in [1.807, 2.05) is 0 Å². The van der Waals surface area contributed by atoms with E-state index in [4.69, 9.17) is 0 Å². The first kappa shape index (κ1) is 10.7. The Morgan fingerprint density at radius 1 is 1.06 bits per heavy atom. The molecule has 5 rings (SSSR count). The molecule has 2 heteroatoms. The number of aromatic nitrogens is 1. The fourth-order valence-corrected chi connectivity index (χ4v) is 13.2. The van der Waals surface area contributed by atoms with E-state index in [-0.39, 0.29) is 0 Å². The van der Waals surface area contributed by atoms with Crippen LogP contribution in [0.5, 0.6) is 0 Å². The summed E-state index contributed by atoms with van der Waals surface area (Å²) in [5, 5.41) is 0. The van der Waals surface area contributed by atoms with E-state index in [0.29, 0.717) is 0 Å². The van der Waals surface area contributed by atoms with Gasteiger partial charge in [-0.3, -0.25) is 0 Å². The first-order valence-electron chi connectivity index (χ1n) is 6.60. The van der Waals surface area contributed by atoms with Crippen molar-refractivity contribution in [3.63, 3.8) is 0 Å². The third-order valence-corrected chi connectivity index (χ3v) is 13.3. The van der Waals surface area contributed by atoms with Crippen molar-refractivity contribution in [1.29, 1.82) is 0 Å². The average Bonchev–Trinajstić information content (AvgIpc) is 2.93. The van der Waals surface area contributed by atoms with E-state index in [9.17, 15) is 0 Å². The van der Waals surface area contributed by atoms with Gasteiger partial charge in [0.25, 0.3) is 0 Å². The van der Waals surface area contributed by atoms with Crippen LogP contribution in [0.1, 0.15) is 22.9 Å². The van der Waals surface area contributed by atoms with Crippen LogP contribution in [0.3, 0.4) is 0 Å². The maximum atomic E-state index is 2.56. The van der Waals surface area contributed by atoms with E-state index in [1.54, 1.807) is 21.2 Å². The molecule has 0 amide bonds. The average molecular weight is 296 g/mol. The minimum absolute atomic E-state index is 0.796. The summed E-state index contributed by atoms with van der Waals surface area (Å²) in [7, 11) is 0. The molecule has 90 valence electrons. The molecule has 0 N–H and O–H groups in total. The Hall–Kier alpha value is -1.22. The Morgan fingerprint density at radius 3 is 2.44 bits per heavy atom. The Bertz CT molecular complexity index is 676. The van der Waals surface area contributed by atoms with Gasteiger partial charge in [-0.15, -0.1) is 0 Å². The molecule has 0 fully saturated rings. The SMILES string of the molecule is CC1=[C]2c3ccn(-c4ccccc4)c3[CH]1[Ge]2([CH3])[CH3]. The molecule has 2 aromatic rings. The van der Waals surface area contributed by atoms with Crippen LogP contribution in [0, 0.1) is 0 Å². The number of hydrogen-bond donors (Lipinski definition) is 0. The molecule has 1 aromatic carbocycles. The summed E-state index contributed by atoms with van der Waals surface area (Å²) in [6.07, 6.45) is 2.25. The molecular weight excluding hydrogens is 279 g/mol. The summed E-state index contributed by atoms with van der Waals surface area (Å²) in [5.41, 5.74) is 6.11. The number of allylic oxidation sites excluding steroid dienone is 1. The second-order valence-corrected chi connectivity index (χ2v) is 15.5. The van der Waals surface area contributed by atoms with Gasteiger partial charge in [-0.25, -0.2) is 0 Å². The van der Waals surface area contributed by atoms with Gasteiger partial charge in [-0.05, 0) is 0 Å². The van der Waals surface area contributed by atoms with Gasteiger partial charge in [-0.2, -0.15) is 0 Å². The molecule has 1 aromatic heterocycles. The Balaban J connectivity index is 1.93. The Kier molecular flexibility index (Phi) is 1.90. The fourth-order valence-electron chi connectivity index (χ4n) is 4.13. The fraction of sp³-hybridized carbons (Fsp3) is 0.250. The van der Waals surface area contributed by atoms with Crippen molar-refractivity contribution in [2.75, 3.05) is 0 Å². The van der Waals surface area contributed by atoms with E-state index in [2.05, 4.69) is 65.6 Å². The molecule has 1 nitrogen and oxygen atoms in total. The first-order chi connectivity index (χ1) is 8.62. The zero-order valence-corrected chi connectivity index (χ0v) is 13.2. The third-order valence-electron chi connectivity index (χ3n) is 4.70. The summed E-state index contributed by atoms with van der Waals surface area (Å²) >= 11 is -1.69. The summed E-state index contributed by atoms with van der Waals surface area (Å²) in [6, 6.07) is 13.1. The molecule has 1 unspecified atom stereocenters. The third kappa shape index (κ3) is 1.05. The van der Waals surface area contributed by atoms with Crippen molar-refractivity contribution in [2.45, 2.75) is 23.2 Å². The second-order valence-electron chi connectivity index (χ2n) is 6.03. The van der Waals surface area contributed by atoms with E-state index in [0.717, 1.165) is 4.75 Å². The molecule has 1 aliphatic carbocycles.